The van der Waals surface area contributed by atoms with Crippen LogP contribution in [0.25, 0.3) is 16.9 Å². The number of aromatic nitrogens is 5. The predicted octanol–water partition coefficient (Wildman–Crippen LogP) is 4.21. The van der Waals surface area contributed by atoms with Crippen molar-refractivity contribution in [1.29, 1.82) is 0 Å². The van der Waals surface area contributed by atoms with Crippen molar-refractivity contribution in [3.05, 3.63) is 64.7 Å². The standard InChI is InChI=1S/C30H38N8O2/c1-30(2,40)25-10-7-11-26(33-25)38-27-24(28(39)37(38)23-8-5-4-6-9-23)20-31-29(34-27)32-21-12-14-22(15-13-21)36-18-16-35(3)17-19-36/h7,10-15,20,23,40H,4-6,8-9,16-19H2,1-3H3,(H,31,32,34). The van der Waals surface area contributed by atoms with E-state index in [1.807, 2.05) is 33.6 Å². The molecule has 2 fully saturated rings. The van der Waals surface area contributed by atoms with Gasteiger partial charge in [-0.1, -0.05) is 25.3 Å². The quantitative estimate of drug-likeness (QED) is 0.374. The molecule has 10 nitrogen and oxygen atoms in total. The molecule has 0 atom stereocenters. The van der Waals surface area contributed by atoms with E-state index in [0.29, 0.717) is 28.5 Å². The number of benzene rings is 1. The molecule has 4 aromatic rings. The second-order valence-corrected chi connectivity index (χ2v) is 11.6. The van der Waals surface area contributed by atoms with Gasteiger partial charge in [0.1, 0.15) is 11.0 Å². The van der Waals surface area contributed by atoms with Crippen molar-refractivity contribution in [1.82, 2.24) is 29.2 Å². The fourth-order valence-corrected chi connectivity index (χ4v) is 5.77. The van der Waals surface area contributed by atoms with E-state index in [1.54, 1.807) is 26.1 Å². The van der Waals surface area contributed by atoms with Crippen LogP contribution in [0.15, 0.2) is 53.5 Å². The van der Waals surface area contributed by atoms with Crippen molar-refractivity contribution in [2.24, 2.45) is 0 Å². The molecule has 0 unspecified atom stereocenters. The molecular weight excluding hydrogens is 504 g/mol. The summed E-state index contributed by atoms with van der Waals surface area (Å²) in [4.78, 5) is 32.6. The Balaban J connectivity index is 1.38. The van der Waals surface area contributed by atoms with E-state index in [4.69, 9.17) is 9.97 Å². The predicted molar refractivity (Wildman–Crippen MR) is 158 cm³/mol. The molecule has 4 heterocycles. The number of hydrogen-bond acceptors (Lipinski definition) is 8. The highest BCUT2D eigenvalue weighted by Gasteiger charge is 2.27. The van der Waals surface area contributed by atoms with Crippen molar-refractivity contribution >= 4 is 28.4 Å². The summed E-state index contributed by atoms with van der Waals surface area (Å²) < 4.78 is 3.63. The molecule has 0 amide bonds. The highest BCUT2D eigenvalue weighted by molar-refractivity contribution is 5.77. The number of fused-ring (bicyclic) bond motifs is 1. The van der Waals surface area contributed by atoms with Crippen LogP contribution in [0, 0.1) is 0 Å². The molecule has 0 radical (unpaired) electrons. The first-order valence-electron chi connectivity index (χ1n) is 14.3. The normalized spacial score (nSPS) is 17.4. The number of nitrogens with zero attached hydrogens (tertiary/aromatic N) is 7. The van der Waals surface area contributed by atoms with Gasteiger partial charge in [-0.3, -0.25) is 4.79 Å². The number of nitrogens with one attached hydrogen (secondary N) is 1. The van der Waals surface area contributed by atoms with E-state index in [1.165, 1.54) is 12.1 Å². The lowest BCUT2D eigenvalue weighted by atomic mass is 9.96. The van der Waals surface area contributed by atoms with Crippen LogP contribution in [0.2, 0.25) is 0 Å². The van der Waals surface area contributed by atoms with Gasteiger partial charge < -0.3 is 20.2 Å². The Morgan fingerprint density at radius 2 is 1.68 bits per heavy atom. The maximum Gasteiger partial charge on any atom is 0.278 e. The number of aliphatic hydroxyl groups is 1. The minimum atomic E-state index is -1.12. The third-order valence-electron chi connectivity index (χ3n) is 8.11. The van der Waals surface area contributed by atoms with Gasteiger partial charge in [0.05, 0.1) is 11.7 Å². The zero-order chi connectivity index (χ0) is 27.9. The molecule has 210 valence electrons. The van der Waals surface area contributed by atoms with Crippen LogP contribution in [0.4, 0.5) is 17.3 Å². The van der Waals surface area contributed by atoms with Gasteiger partial charge >= 0.3 is 0 Å². The monoisotopic (exact) mass is 542 g/mol. The number of anilines is 3. The number of pyridine rings is 1. The Kier molecular flexibility index (Phi) is 7.06. The maximum absolute atomic E-state index is 13.7. The van der Waals surface area contributed by atoms with Crippen LogP contribution in [-0.4, -0.2) is 67.5 Å². The fourth-order valence-electron chi connectivity index (χ4n) is 5.77. The summed E-state index contributed by atoms with van der Waals surface area (Å²) in [6, 6.07) is 13.9. The molecule has 1 aromatic carbocycles. The van der Waals surface area contributed by atoms with E-state index < -0.39 is 5.60 Å². The molecule has 1 aliphatic heterocycles. The Morgan fingerprint density at radius 1 is 0.950 bits per heavy atom. The lowest BCUT2D eigenvalue weighted by Gasteiger charge is -2.34. The van der Waals surface area contributed by atoms with E-state index >= 15 is 0 Å². The molecule has 0 spiro atoms. The summed E-state index contributed by atoms with van der Waals surface area (Å²) in [5.41, 5.74) is 1.88. The van der Waals surface area contributed by atoms with Gasteiger partial charge in [-0.15, -0.1) is 0 Å². The van der Waals surface area contributed by atoms with Crippen molar-refractivity contribution in [2.45, 2.75) is 57.6 Å². The smallest absolute Gasteiger partial charge is 0.278 e. The minimum Gasteiger partial charge on any atom is -0.384 e. The van der Waals surface area contributed by atoms with Crippen LogP contribution >= 0.6 is 0 Å². The Morgan fingerprint density at radius 3 is 2.38 bits per heavy atom. The lowest BCUT2D eigenvalue weighted by Crippen LogP contribution is -2.44. The second kappa shape index (κ2) is 10.7. The SMILES string of the molecule is CN1CCN(c2ccc(Nc3ncc4c(=O)n(C5CCCCC5)n(-c5cccc(C(C)(C)O)n5)c4n3)cc2)CC1. The molecule has 1 aliphatic carbocycles. The van der Waals surface area contributed by atoms with Gasteiger partial charge in [0.25, 0.3) is 5.56 Å². The summed E-state index contributed by atoms with van der Waals surface area (Å²) in [6.45, 7) is 7.57. The molecule has 40 heavy (non-hydrogen) atoms. The summed E-state index contributed by atoms with van der Waals surface area (Å²) in [5.74, 6) is 0.964. The zero-order valence-corrected chi connectivity index (χ0v) is 23.5. The molecule has 1 saturated carbocycles. The van der Waals surface area contributed by atoms with Gasteiger partial charge in [0, 0.05) is 43.8 Å². The van der Waals surface area contributed by atoms with Crippen LogP contribution in [-0.2, 0) is 5.60 Å². The number of rotatable bonds is 6. The van der Waals surface area contributed by atoms with E-state index in [-0.39, 0.29) is 11.6 Å². The molecule has 0 bridgehead atoms. The van der Waals surface area contributed by atoms with Crippen molar-refractivity contribution < 1.29 is 5.11 Å². The van der Waals surface area contributed by atoms with Crippen LogP contribution in [0.1, 0.15) is 57.7 Å². The first kappa shape index (κ1) is 26.5. The highest BCUT2D eigenvalue weighted by Crippen LogP contribution is 2.30. The van der Waals surface area contributed by atoms with Crippen LogP contribution in [0.5, 0.6) is 0 Å². The van der Waals surface area contributed by atoms with Crippen LogP contribution < -0.4 is 15.8 Å². The second-order valence-electron chi connectivity index (χ2n) is 11.6. The Labute approximate surface area is 234 Å². The third kappa shape index (κ3) is 5.21. The third-order valence-corrected chi connectivity index (χ3v) is 8.11. The first-order chi connectivity index (χ1) is 19.3. The van der Waals surface area contributed by atoms with E-state index in [9.17, 15) is 9.90 Å². The fraction of sp³-hybridized carbons (Fsp3) is 0.467. The molecule has 2 N–H and O–H groups in total. The topological polar surface area (TPSA) is 104 Å². The maximum atomic E-state index is 13.7. The molecule has 1 saturated heterocycles. The Bertz CT molecular complexity index is 1540. The van der Waals surface area contributed by atoms with Crippen molar-refractivity contribution in [3.63, 3.8) is 0 Å². The van der Waals surface area contributed by atoms with E-state index in [2.05, 4.69) is 39.3 Å². The molecule has 6 rings (SSSR count). The average Bonchev–Trinajstić information content (AvgIpc) is 3.25. The van der Waals surface area contributed by atoms with Gasteiger partial charge in [-0.25, -0.2) is 19.3 Å². The zero-order valence-electron chi connectivity index (χ0n) is 23.5. The lowest BCUT2D eigenvalue weighted by molar-refractivity contribution is 0.0737. The Hall–Kier alpha value is -3.76. The van der Waals surface area contributed by atoms with Gasteiger partial charge in [-0.05, 0) is 70.1 Å². The summed E-state index contributed by atoms with van der Waals surface area (Å²) in [7, 11) is 2.16. The summed E-state index contributed by atoms with van der Waals surface area (Å²) in [6.07, 6.45) is 6.82. The number of piperazine rings is 1. The number of likely N-dealkylation sites (N-methyl/N-ethyl adjacent to an activating group) is 1. The van der Waals surface area contributed by atoms with Crippen molar-refractivity contribution in [3.8, 4) is 5.82 Å². The van der Waals surface area contributed by atoms with Gasteiger partial charge in [-0.2, -0.15) is 4.98 Å². The van der Waals surface area contributed by atoms with Gasteiger partial charge in [0.2, 0.25) is 5.95 Å². The largest absolute Gasteiger partial charge is 0.384 e. The minimum absolute atomic E-state index is 0.0570. The highest BCUT2D eigenvalue weighted by atomic mass is 16.3. The molecule has 3 aromatic heterocycles. The molecule has 10 heteroatoms. The first-order valence-corrected chi connectivity index (χ1v) is 14.3. The molecular formula is C30H38N8O2. The van der Waals surface area contributed by atoms with Gasteiger partial charge in [0.15, 0.2) is 11.5 Å². The van der Waals surface area contributed by atoms with Crippen LogP contribution in [0.3, 0.4) is 0 Å². The van der Waals surface area contributed by atoms with Crippen molar-refractivity contribution in [2.75, 3.05) is 43.4 Å². The van der Waals surface area contributed by atoms with E-state index in [0.717, 1.165) is 57.5 Å². The number of hydrogen-bond donors (Lipinski definition) is 2. The summed E-state index contributed by atoms with van der Waals surface area (Å²) >= 11 is 0. The average molecular weight is 543 g/mol. The summed E-state index contributed by atoms with van der Waals surface area (Å²) in [5, 5.41) is 14.4. The molecule has 2 aliphatic rings.